The topological polar surface area (TPSA) is 21.3 Å². The van der Waals surface area contributed by atoms with Crippen molar-refractivity contribution in [2.75, 3.05) is 12.4 Å². The smallest absolute Gasteiger partial charge is 0.131 e. The van der Waals surface area contributed by atoms with Crippen molar-refractivity contribution < 1.29 is 9.13 Å². The average Bonchev–Trinajstić information content (AvgIpc) is 2.42. The minimum atomic E-state index is -0.354. The second kappa shape index (κ2) is 6.53. The zero-order valence-corrected chi connectivity index (χ0v) is 12.8. The van der Waals surface area contributed by atoms with Gasteiger partial charge in [-0.3, -0.25) is 0 Å². The van der Waals surface area contributed by atoms with Gasteiger partial charge in [-0.05, 0) is 18.2 Å². The van der Waals surface area contributed by atoms with Crippen molar-refractivity contribution >= 4 is 40.5 Å². The van der Waals surface area contributed by atoms with E-state index < -0.39 is 0 Å². The molecule has 0 saturated carbocycles. The third-order valence-electron chi connectivity index (χ3n) is 2.74. The molecule has 6 heteroatoms. The van der Waals surface area contributed by atoms with Gasteiger partial charge in [0.2, 0.25) is 0 Å². The van der Waals surface area contributed by atoms with Crippen LogP contribution in [-0.4, -0.2) is 7.11 Å². The molecule has 2 aromatic rings. The number of hydrogen-bond acceptors (Lipinski definition) is 2. The van der Waals surface area contributed by atoms with Gasteiger partial charge in [0, 0.05) is 18.2 Å². The molecule has 0 radical (unpaired) electrons. The van der Waals surface area contributed by atoms with E-state index in [1.54, 1.807) is 18.2 Å². The van der Waals surface area contributed by atoms with Crippen LogP contribution < -0.4 is 10.1 Å². The summed E-state index contributed by atoms with van der Waals surface area (Å²) in [6.45, 7) is 0.271. The van der Waals surface area contributed by atoms with Crippen molar-refractivity contribution in [3.63, 3.8) is 0 Å². The fourth-order valence-corrected chi connectivity index (χ4v) is 2.26. The second-order valence-corrected chi connectivity index (χ2v) is 5.28. The van der Waals surface area contributed by atoms with Crippen LogP contribution in [0.1, 0.15) is 5.56 Å². The van der Waals surface area contributed by atoms with E-state index in [1.165, 1.54) is 19.2 Å². The minimum absolute atomic E-state index is 0.271. The first-order chi connectivity index (χ1) is 9.51. The lowest BCUT2D eigenvalue weighted by atomic mass is 10.2. The second-order valence-electron chi connectivity index (χ2n) is 4.06. The number of benzene rings is 2. The maximum atomic E-state index is 13.8. The fraction of sp³-hybridized carbons (Fsp3) is 0.143. The van der Waals surface area contributed by atoms with Gasteiger partial charge >= 0.3 is 0 Å². The molecule has 0 aliphatic heterocycles. The Balaban J connectivity index is 2.15. The highest BCUT2D eigenvalue weighted by Crippen LogP contribution is 2.32. The highest BCUT2D eigenvalue weighted by Gasteiger charge is 2.08. The Bertz CT molecular complexity index is 634. The van der Waals surface area contributed by atoms with Crippen LogP contribution in [0.5, 0.6) is 5.75 Å². The molecule has 0 fully saturated rings. The molecule has 2 rings (SSSR count). The van der Waals surface area contributed by atoms with Gasteiger partial charge in [-0.15, -0.1) is 0 Å². The molecule has 106 valence electrons. The van der Waals surface area contributed by atoms with Crippen molar-refractivity contribution in [1.82, 2.24) is 0 Å². The molecule has 0 spiro atoms. The quantitative estimate of drug-likeness (QED) is 0.755. The van der Waals surface area contributed by atoms with E-state index in [-0.39, 0.29) is 12.4 Å². The molecule has 0 aliphatic carbocycles. The van der Waals surface area contributed by atoms with Crippen LogP contribution in [0.25, 0.3) is 0 Å². The molecule has 0 amide bonds. The molecular weight excluding hydrogens is 324 g/mol. The standard InChI is InChI=1S/C14H11Cl3FNO/c1-20-9-3-2-8(13(18)4-9)7-19-14-6-11(16)10(15)5-12(14)17/h2-6,19H,7H2,1H3. The zero-order valence-electron chi connectivity index (χ0n) is 10.5. The molecule has 0 saturated heterocycles. The summed E-state index contributed by atoms with van der Waals surface area (Å²) in [5, 5.41) is 4.20. The summed E-state index contributed by atoms with van der Waals surface area (Å²) in [5.41, 5.74) is 1.09. The van der Waals surface area contributed by atoms with Crippen LogP contribution in [0.3, 0.4) is 0 Å². The summed E-state index contributed by atoms with van der Waals surface area (Å²) in [7, 11) is 1.49. The van der Waals surface area contributed by atoms with Crippen LogP contribution in [0.4, 0.5) is 10.1 Å². The van der Waals surface area contributed by atoms with Crippen LogP contribution in [0.2, 0.25) is 15.1 Å². The van der Waals surface area contributed by atoms with E-state index in [0.717, 1.165) is 0 Å². The first-order valence-electron chi connectivity index (χ1n) is 5.72. The number of anilines is 1. The third-order valence-corrected chi connectivity index (χ3v) is 3.77. The molecular formula is C14H11Cl3FNO. The van der Waals surface area contributed by atoms with Crippen LogP contribution in [0.15, 0.2) is 30.3 Å². The zero-order chi connectivity index (χ0) is 14.7. The van der Waals surface area contributed by atoms with E-state index >= 15 is 0 Å². The maximum absolute atomic E-state index is 13.8. The maximum Gasteiger partial charge on any atom is 0.131 e. The van der Waals surface area contributed by atoms with Crippen molar-refractivity contribution in [3.05, 3.63) is 56.8 Å². The Labute approximate surface area is 131 Å². The van der Waals surface area contributed by atoms with Crippen molar-refractivity contribution in [2.24, 2.45) is 0 Å². The summed E-state index contributed by atoms with van der Waals surface area (Å²) in [4.78, 5) is 0. The lowest BCUT2D eigenvalue weighted by Gasteiger charge is -2.11. The predicted octanol–water partition coefficient (Wildman–Crippen LogP) is 5.41. The Hall–Kier alpha value is -1.16. The van der Waals surface area contributed by atoms with E-state index in [4.69, 9.17) is 39.5 Å². The summed E-state index contributed by atoms with van der Waals surface area (Å²) in [6, 6.07) is 7.81. The highest BCUT2D eigenvalue weighted by atomic mass is 35.5. The number of nitrogens with one attached hydrogen (secondary N) is 1. The number of halogens is 4. The number of ether oxygens (including phenoxy) is 1. The first-order valence-corrected chi connectivity index (χ1v) is 6.85. The van der Waals surface area contributed by atoms with Gasteiger partial charge in [0.05, 0.1) is 27.9 Å². The molecule has 0 aromatic heterocycles. The third kappa shape index (κ3) is 3.48. The number of rotatable bonds is 4. The van der Waals surface area contributed by atoms with E-state index in [0.29, 0.717) is 32.1 Å². The van der Waals surface area contributed by atoms with Crippen molar-refractivity contribution in [3.8, 4) is 5.75 Å². The van der Waals surface area contributed by atoms with Crippen molar-refractivity contribution in [1.29, 1.82) is 0 Å². The molecule has 2 aromatic carbocycles. The average molecular weight is 335 g/mol. The number of hydrogen-bond donors (Lipinski definition) is 1. The largest absolute Gasteiger partial charge is 0.497 e. The summed E-state index contributed by atoms with van der Waals surface area (Å²) in [6.07, 6.45) is 0. The minimum Gasteiger partial charge on any atom is -0.497 e. The molecule has 0 aliphatic rings. The van der Waals surface area contributed by atoms with Gasteiger partial charge < -0.3 is 10.1 Å². The van der Waals surface area contributed by atoms with Gasteiger partial charge in [0.1, 0.15) is 11.6 Å². The Morgan fingerprint density at radius 1 is 1.05 bits per heavy atom. The van der Waals surface area contributed by atoms with Crippen LogP contribution >= 0.6 is 34.8 Å². The highest BCUT2D eigenvalue weighted by molar-refractivity contribution is 6.44. The van der Waals surface area contributed by atoms with Gasteiger partial charge in [0.15, 0.2) is 0 Å². The molecule has 0 atom stereocenters. The monoisotopic (exact) mass is 333 g/mol. The Morgan fingerprint density at radius 3 is 2.40 bits per heavy atom. The van der Waals surface area contributed by atoms with Gasteiger partial charge in [-0.1, -0.05) is 40.9 Å². The Kier molecular flexibility index (Phi) is 4.97. The van der Waals surface area contributed by atoms with Gasteiger partial charge in [-0.25, -0.2) is 4.39 Å². The molecule has 0 heterocycles. The van der Waals surface area contributed by atoms with Gasteiger partial charge in [0.25, 0.3) is 0 Å². The first kappa shape index (κ1) is 15.2. The Morgan fingerprint density at radius 2 is 1.75 bits per heavy atom. The number of methoxy groups -OCH3 is 1. The summed E-state index contributed by atoms with van der Waals surface area (Å²) < 4.78 is 18.7. The molecule has 20 heavy (non-hydrogen) atoms. The van der Waals surface area contributed by atoms with Crippen LogP contribution in [-0.2, 0) is 6.54 Å². The SMILES string of the molecule is COc1ccc(CNc2cc(Cl)c(Cl)cc2Cl)c(F)c1. The summed E-state index contributed by atoms with van der Waals surface area (Å²) >= 11 is 17.8. The molecule has 1 N–H and O–H groups in total. The van der Waals surface area contributed by atoms with Crippen molar-refractivity contribution in [2.45, 2.75) is 6.54 Å². The molecule has 0 bridgehead atoms. The normalized spacial score (nSPS) is 10.4. The lowest BCUT2D eigenvalue weighted by Crippen LogP contribution is -2.02. The van der Waals surface area contributed by atoms with E-state index in [2.05, 4.69) is 5.32 Å². The predicted molar refractivity (Wildman–Crippen MR) is 81.8 cm³/mol. The lowest BCUT2D eigenvalue weighted by molar-refractivity contribution is 0.411. The van der Waals surface area contributed by atoms with E-state index in [9.17, 15) is 4.39 Å². The molecule has 2 nitrogen and oxygen atoms in total. The van der Waals surface area contributed by atoms with Crippen LogP contribution in [0, 0.1) is 5.82 Å². The fourth-order valence-electron chi connectivity index (χ4n) is 1.65. The van der Waals surface area contributed by atoms with Gasteiger partial charge in [-0.2, -0.15) is 0 Å². The molecule has 0 unspecified atom stereocenters. The summed E-state index contributed by atoms with van der Waals surface area (Å²) in [5.74, 6) is 0.117. The van der Waals surface area contributed by atoms with E-state index in [1.807, 2.05) is 0 Å².